The van der Waals surface area contributed by atoms with E-state index < -0.39 is 35.6 Å². The maximum absolute atomic E-state index is 3.09. The van der Waals surface area contributed by atoms with Crippen molar-refractivity contribution in [2.75, 3.05) is 0 Å². The summed E-state index contributed by atoms with van der Waals surface area (Å²) in [7, 11) is -2.23. The third-order valence-electron chi connectivity index (χ3n) is 11.7. The van der Waals surface area contributed by atoms with Crippen LogP contribution in [0.2, 0.25) is 0 Å². The lowest BCUT2D eigenvalue weighted by Crippen LogP contribution is -2.38. The molecule has 0 aromatic heterocycles. The predicted octanol–water partition coefficient (Wildman–Crippen LogP) is 11.6. The van der Waals surface area contributed by atoms with Crippen molar-refractivity contribution in [2.45, 2.75) is 0 Å². The van der Waals surface area contributed by atoms with Crippen LogP contribution in [0.15, 0.2) is 273 Å². The van der Waals surface area contributed by atoms with Crippen molar-refractivity contribution in [1.82, 2.24) is 0 Å². The van der Waals surface area contributed by atoms with Crippen LogP contribution in [0.5, 0.6) is 0 Å². The molecule has 0 amide bonds. The molecular formula is C56H46P5+. The molecule has 61 heavy (non-hydrogen) atoms. The fraction of sp³-hybridized carbons (Fsp3) is 0. The van der Waals surface area contributed by atoms with Crippen LogP contribution in [0.3, 0.4) is 0 Å². The van der Waals surface area contributed by atoms with Crippen LogP contribution in [0.1, 0.15) is 0 Å². The first-order valence-corrected chi connectivity index (χ1v) is 30.4. The van der Waals surface area contributed by atoms with Gasteiger partial charge in [-0.05, 0) is 70.6 Å². The molecule has 0 aliphatic carbocycles. The van der Waals surface area contributed by atoms with Gasteiger partial charge < -0.3 is 0 Å². The lowest BCUT2D eigenvalue weighted by Gasteiger charge is -2.50. The highest BCUT2D eigenvalue weighted by molar-refractivity contribution is 8.76. The molecule has 1 aliphatic rings. The largest absolute Gasteiger partial charge is 0.136 e. The van der Waals surface area contributed by atoms with Gasteiger partial charge in [0.25, 0.3) is 0 Å². The Balaban J connectivity index is 1.63. The maximum atomic E-state index is 3.09. The highest BCUT2D eigenvalue weighted by Gasteiger charge is 2.63. The molecule has 1 aliphatic heterocycles. The molecule has 0 N–H and O–H groups in total. The highest BCUT2D eigenvalue weighted by atomic mass is 32.1. The topological polar surface area (TPSA) is 0 Å². The Morgan fingerprint density at radius 1 is 0.311 bits per heavy atom. The molecule has 0 saturated heterocycles. The van der Waals surface area contributed by atoms with Gasteiger partial charge in [0.05, 0.1) is 5.54 Å². The molecule has 9 aromatic rings. The Hall–Kier alpha value is -5.13. The van der Waals surface area contributed by atoms with Crippen LogP contribution in [0, 0.1) is 0 Å². The maximum Gasteiger partial charge on any atom is 0.136 e. The van der Waals surface area contributed by atoms with E-state index in [1.807, 2.05) is 0 Å². The summed E-state index contributed by atoms with van der Waals surface area (Å²) in [5.41, 5.74) is 3.09. The van der Waals surface area contributed by atoms with Gasteiger partial charge in [-0.2, -0.15) is 0 Å². The van der Waals surface area contributed by atoms with E-state index in [4.69, 9.17) is 0 Å². The molecular weight excluding hydrogens is 827 g/mol. The van der Waals surface area contributed by atoms with Gasteiger partial charge in [0.1, 0.15) is 25.2 Å². The third-order valence-corrected chi connectivity index (χ3v) is 43.2. The van der Waals surface area contributed by atoms with Gasteiger partial charge in [-0.15, -0.1) is 0 Å². The quantitative estimate of drug-likeness (QED) is 0.127. The van der Waals surface area contributed by atoms with E-state index in [2.05, 4.69) is 279 Å². The molecule has 2 unspecified atom stereocenters. The number of hydrogen-bond donors (Lipinski definition) is 0. The fourth-order valence-electron chi connectivity index (χ4n) is 9.13. The van der Waals surface area contributed by atoms with Gasteiger partial charge in [0.2, 0.25) is 0 Å². The summed E-state index contributed by atoms with van der Waals surface area (Å²) in [6.07, 6.45) is 0. The van der Waals surface area contributed by atoms with Crippen LogP contribution < -0.4 is 47.7 Å². The zero-order valence-electron chi connectivity index (χ0n) is 33.8. The van der Waals surface area contributed by atoms with Crippen molar-refractivity contribution in [3.63, 3.8) is 0 Å². The minimum absolute atomic E-state index is 1.11. The molecule has 0 nitrogen and oxygen atoms in total. The van der Waals surface area contributed by atoms with E-state index in [0.29, 0.717) is 0 Å². The minimum Gasteiger partial charge on any atom is -0.0622 e. The fourth-order valence-corrected chi connectivity index (χ4v) is 54.8. The van der Waals surface area contributed by atoms with Gasteiger partial charge in [-0.25, -0.2) is 0 Å². The lowest BCUT2D eigenvalue weighted by molar-refractivity contribution is 1.73. The molecule has 0 radical (unpaired) electrons. The average Bonchev–Trinajstić information content (AvgIpc) is 3.36. The zero-order valence-corrected chi connectivity index (χ0v) is 38.3. The van der Waals surface area contributed by atoms with Crippen LogP contribution in [-0.4, -0.2) is 10.3 Å². The first-order chi connectivity index (χ1) is 30.3. The first kappa shape index (κ1) is 40.0. The second-order valence-corrected chi connectivity index (χ2v) is 34.6. The summed E-state index contributed by atoms with van der Waals surface area (Å²) < 4.78 is 1.75. The van der Waals surface area contributed by atoms with Crippen molar-refractivity contribution < 1.29 is 0 Å². The summed E-state index contributed by atoms with van der Waals surface area (Å²) in [4.78, 5) is 0. The normalized spacial score (nSPS) is 16.9. The number of hydrogen-bond acceptors (Lipinski definition) is 0. The molecule has 0 spiro atoms. The minimum atomic E-state index is -2.70. The van der Waals surface area contributed by atoms with Crippen LogP contribution in [0.4, 0.5) is 0 Å². The molecule has 0 bridgehead atoms. The van der Waals surface area contributed by atoms with Crippen molar-refractivity contribution in [2.24, 2.45) is 0 Å². The molecule has 294 valence electrons. The van der Waals surface area contributed by atoms with Gasteiger partial charge in [-0.1, -0.05) is 249 Å². The van der Waals surface area contributed by atoms with Crippen molar-refractivity contribution in [1.29, 1.82) is 0 Å². The van der Waals surface area contributed by atoms with Gasteiger partial charge in [0, 0.05) is 16.7 Å². The van der Waals surface area contributed by atoms with E-state index in [-0.39, 0.29) is 0 Å². The molecule has 9 aromatic carbocycles. The van der Waals surface area contributed by atoms with Gasteiger partial charge >= 0.3 is 0 Å². The van der Waals surface area contributed by atoms with Crippen LogP contribution in [0.25, 0.3) is 0 Å². The second kappa shape index (κ2) is 17.7. The Labute approximate surface area is 364 Å². The third kappa shape index (κ3) is 6.92. The van der Waals surface area contributed by atoms with Gasteiger partial charge in [-0.3, -0.25) is 0 Å². The van der Waals surface area contributed by atoms with Gasteiger partial charge in [0.15, 0.2) is 0 Å². The van der Waals surface area contributed by atoms with E-state index >= 15 is 0 Å². The molecule has 0 saturated carbocycles. The monoisotopic (exact) mass is 873 g/mol. The SMILES string of the molecule is C1=P(c2ccccc2)(c2ccccc2)P(c2ccccc2)C(=P(c2ccccc2)(c2ccccc2)c2ccccc2)P(c2ccccc2)[P+]1(c1ccccc1)c1ccccc1. The smallest absolute Gasteiger partial charge is 0.0622 e. The first-order valence-electron chi connectivity index (χ1n) is 20.8. The summed E-state index contributed by atoms with van der Waals surface area (Å²) in [6.45, 7) is -7.81. The Morgan fingerprint density at radius 2 is 0.607 bits per heavy atom. The lowest BCUT2D eigenvalue weighted by atomic mass is 10.4. The van der Waals surface area contributed by atoms with Crippen molar-refractivity contribution >= 4 is 93.7 Å². The van der Waals surface area contributed by atoms with E-state index in [1.54, 1.807) is 4.78 Å². The van der Waals surface area contributed by atoms with Crippen LogP contribution >= 0.6 is 35.6 Å². The molecule has 10 rings (SSSR count). The Kier molecular flexibility index (Phi) is 11.6. The van der Waals surface area contributed by atoms with Crippen LogP contribution in [-0.2, 0) is 0 Å². The van der Waals surface area contributed by atoms with Crippen molar-refractivity contribution in [3.8, 4) is 0 Å². The molecule has 1 heterocycles. The average molecular weight is 874 g/mol. The predicted molar refractivity (Wildman–Crippen MR) is 280 cm³/mol. The molecule has 2 atom stereocenters. The second-order valence-electron chi connectivity index (χ2n) is 15.1. The van der Waals surface area contributed by atoms with E-state index in [0.717, 1.165) is 0 Å². The Bertz CT molecular complexity index is 2760. The Morgan fingerprint density at radius 3 is 0.967 bits per heavy atom. The van der Waals surface area contributed by atoms with E-state index in [9.17, 15) is 0 Å². The standard InChI is InChI=1S/C56H46P5/c1-10-28-47(29-11-1)57-56(61(53-40-22-7-23-41-53,54-42-24-8-25-43-54)55-44-26-9-27-45-55)58(48-30-12-2-13-31-48)60(51-36-18-5-19-37-51,52-38-20-6-21-39-52)46-59(57,49-32-14-3-15-33-49)50-34-16-4-17-35-50/h1-46H/q+1. The summed E-state index contributed by atoms with van der Waals surface area (Å²) in [5.74, 6) is 0. The van der Waals surface area contributed by atoms with E-state index in [1.165, 1.54) is 47.7 Å². The van der Waals surface area contributed by atoms with Crippen molar-refractivity contribution in [3.05, 3.63) is 273 Å². The summed E-state index contributed by atoms with van der Waals surface area (Å²) in [5, 5.41) is 12.9. The molecule has 5 heteroatoms. The summed E-state index contributed by atoms with van der Waals surface area (Å²) >= 11 is 0. The highest BCUT2D eigenvalue weighted by Crippen LogP contribution is 2.97. The number of benzene rings is 9. The molecule has 0 fully saturated rings. The zero-order chi connectivity index (χ0) is 41.0. The number of rotatable bonds is 9. The summed E-state index contributed by atoms with van der Waals surface area (Å²) in [6, 6.07) is 106.